The Labute approximate surface area is 291 Å². The van der Waals surface area contributed by atoms with Crippen LogP contribution in [0.4, 0.5) is 17.1 Å². The lowest BCUT2D eigenvalue weighted by Gasteiger charge is -2.28. The fourth-order valence-corrected chi connectivity index (χ4v) is 7.84. The maximum absolute atomic E-state index is 6.20. The smallest absolute Gasteiger partial charge is 0.136 e. The van der Waals surface area contributed by atoms with Crippen molar-refractivity contribution in [3.8, 4) is 0 Å². The first-order valence-electron chi connectivity index (χ1n) is 17.3. The van der Waals surface area contributed by atoms with Crippen molar-refractivity contribution in [2.75, 3.05) is 4.90 Å². The monoisotopic (exact) mass is 639 g/mol. The van der Waals surface area contributed by atoms with Gasteiger partial charge in [-0.05, 0) is 116 Å². The van der Waals surface area contributed by atoms with Gasteiger partial charge in [-0.3, -0.25) is 0 Å². The Morgan fingerprint density at radius 3 is 2.12 bits per heavy atom. The van der Waals surface area contributed by atoms with E-state index >= 15 is 0 Å². The molecule has 0 aliphatic heterocycles. The minimum absolute atomic E-state index is 0.396. The van der Waals surface area contributed by atoms with Crippen LogP contribution in [-0.4, -0.2) is 0 Å². The molecule has 1 heterocycles. The highest BCUT2D eigenvalue weighted by molar-refractivity contribution is 6.10. The molecule has 0 N–H and O–H groups in total. The van der Waals surface area contributed by atoms with Gasteiger partial charge in [0.25, 0.3) is 0 Å². The Morgan fingerprint density at radius 2 is 1.22 bits per heavy atom. The number of hydrogen-bond acceptors (Lipinski definition) is 2. The van der Waals surface area contributed by atoms with Gasteiger partial charge in [0.15, 0.2) is 0 Å². The average molecular weight is 640 g/mol. The Kier molecular flexibility index (Phi) is 6.67. The molecule has 0 radical (unpaired) electrons. The van der Waals surface area contributed by atoms with Gasteiger partial charge in [-0.25, -0.2) is 0 Å². The molecule has 0 spiro atoms. The van der Waals surface area contributed by atoms with E-state index in [1.807, 2.05) is 12.1 Å². The van der Waals surface area contributed by atoms with Gasteiger partial charge >= 0.3 is 0 Å². The second-order valence-corrected chi connectivity index (χ2v) is 13.3. The fraction of sp³-hybridized carbons (Fsp3) is 0.0417. The van der Waals surface area contributed by atoms with Gasteiger partial charge in [0.2, 0.25) is 0 Å². The van der Waals surface area contributed by atoms with Gasteiger partial charge in [-0.2, -0.15) is 0 Å². The van der Waals surface area contributed by atoms with E-state index in [-0.39, 0.29) is 0 Å². The van der Waals surface area contributed by atoms with Crippen LogP contribution in [0.25, 0.3) is 54.6 Å². The van der Waals surface area contributed by atoms with Gasteiger partial charge in [-0.15, -0.1) is 0 Å². The van der Waals surface area contributed by atoms with E-state index in [0.29, 0.717) is 5.92 Å². The lowest BCUT2D eigenvalue weighted by molar-refractivity contribution is 0.669. The van der Waals surface area contributed by atoms with Crippen LogP contribution < -0.4 is 4.90 Å². The van der Waals surface area contributed by atoms with Gasteiger partial charge in [0, 0.05) is 33.8 Å². The molecule has 1 aromatic heterocycles. The largest absolute Gasteiger partial charge is 0.456 e. The van der Waals surface area contributed by atoms with Gasteiger partial charge in [-0.1, -0.05) is 121 Å². The van der Waals surface area contributed by atoms with Crippen LogP contribution in [0, 0.1) is 5.92 Å². The summed E-state index contributed by atoms with van der Waals surface area (Å²) < 4.78 is 6.20. The number of rotatable bonds is 5. The van der Waals surface area contributed by atoms with Crippen LogP contribution in [0.15, 0.2) is 192 Å². The quantitative estimate of drug-likeness (QED) is 0.186. The van der Waals surface area contributed by atoms with Crippen LogP contribution >= 0.6 is 0 Å². The van der Waals surface area contributed by atoms with Gasteiger partial charge < -0.3 is 9.32 Å². The van der Waals surface area contributed by atoms with Gasteiger partial charge in [0.1, 0.15) is 11.2 Å². The Balaban J connectivity index is 1.09. The summed E-state index contributed by atoms with van der Waals surface area (Å²) in [5.74, 6) is 0.396. The molecule has 0 saturated heterocycles. The topological polar surface area (TPSA) is 16.4 Å². The molecule has 236 valence electrons. The molecule has 2 nitrogen and oxygen atoms in total. The SMILES string of the molecule is C1=CC2=CC(c3ccc(N(c4ccccc4)c4ccc5cc6oc7ccccc7c6cc5c4)cc3)=C(c3ccc4ccccc4c3)CC2C=C1. The summed E-state index contributed by atoms with van der Waals surface area (Å²) in [6.45, 7) is 0. The number of para-hydroxylation sites is 2. The van der Waals surface area contributed by atoms with Crippen molar-refractivity contribution in [3.05, 3.63) is 199 Å². The number of allylic oxidation sites excluding steroid dienone is 8. The highest BCUT2D eigenvalue weighted by Gasteiger charge is 2.24. The Hall–Kier alpha value is -6.38. The van der Waals surface area contributed by atoms with Crippen LogP contribution in [0.3, 0.4) is 0 Å². The summed E-state index contributed by atoms with van der Waals surface area (Å²) in [5.41, 5.74) is 11.8. The van der Waals surface area contributed by atoms with Crippen molar-refractivity contribution in [3.63, 3.8) is 0 Å². The molecule has 0 amide bonds. The number of fused-ring (bicyclic) bond motifs is 6. The van der Waals surface area contributed by atoms with Crippen LogP contribution in [-0.2, 0) is 0 Å². The molecule has 0 saturated carbocycles. The molecular formula is C48H33NO. The molecule has 7 aromatic carbocycles. The predicted molar refractivity (Wildman–Crippen MR) is 211 cm³/mol. The third-order valence-electron chi connectivity index (χ3n) is 10.4. The van der Waals surface area contributed by atoms with Crippen molar-refractivity contribution in [1.82, 2.24) is 0 Å². The summed E-state index contributed by atoms with van der Waals surface area (Å²) in [6.07, 6.45) is 12.3. The van der Waals surface area contributed by atoms with Crippen molar-refractivity contribution in [1.29, 1.82) is 0 Å². The third kappa shape index (κ3) is 4.88. The number of nitrogens with zero attached hydrogens (tertiary/aromatic N) is 1. The summed E-state index contributed by atoms with van der Waals surface area (Å²) in [5, 5.41) is 7.17. The second kappa shape index (κ2) is 11.6. The molecule has 2 aliphatic rings. The Bertz CT molecular complexity index is 2720. The molecule has 10 rings (SSSR count). The van der Waals surface area contributed by atoms with Crippen LogP contribution in [0.5, 0.6) is 0 Å². The summed E-state index contributed by atoms with van der Waals surface area (Å²) in [6, 6.07) is 54.8. The molecule has 50 heavy (non-hydrogen) atoms. The summed E-state index contributed by atoms with van der Waals surface area (Å²) in [7, 11) is 0. The number of furan rings is 1. The lowest BCUT2D eigenvalue weighted by atomic mass is 9.77. The van der Waals surface area contributed by atoms with E-state index in [4.69, 9.17) is 4.42 Å². The van der Waals surface area contributed by atoms with Crippen LogP contribution in [0.1, 0.15) is 17.5 Å². The zero-order chi connectivity index (χ0) is 33.0. The number of hydrogen-bond donors (Lipinski definition) is 0. The minimum atomic E-state index is 0.396. The van der Waals surface area contributed by atoms with Crippen molar-refractivity contribution in [2.45, 2.75) is 6.42 Å². The van der Waals surface area contributed by atoms with Crippen LogP contribution in [0.2, 0.25) is 0 Å². The minimum Gasteiger partial charge on any atom is -0.456 e. The molecule has 1 unspecified atom stereocenters. The molecule has 1 atom stereocenters. The first-order valence-corrected chi connectivity index (χ1v) is 17.3. The molecular weight excluding hydrogens is 607 g/mol. The second-order valence-electron chi connectivity index (χ2n) is 13.3. The number of benzene rings is 7. The van der Waals surface area contributed by atoms with E-state index < -0.39 is 0 Å². The fourth-order valence-electron chi connectivity index (χ4n) is 7.84. The van der Waals surface area contributed by atoms with Crippen molar-refractivity contribution in [2.24, 2.45) is 5.92 Å². The van der Waals surface area contributed by atoms with E-state index in [1.165, 1.54) is 44.0 Å². The van der Waals surface area contributed by atoms with E-state index in [1.54, 1.807) is 0 Å². The van der Waals surface area contributed by atoms with E-state index in [0.717, 1.165) is 50.8 Å². The van der Waals surface area contributed by atoms with Crippen molar-refractivity contribution < 1.29 is 4.42 Å². The molecule has 2 aliphatic carbocycles. The molecule has 2 heteroatoms. The zero-order valence-corrected chi connectivity index (χ0v) is 27.5. The maximum Gasteiger partial charge on any atom is 0.136 e. The normalized spacial score (nSPS) is 15.6. The third-order valence-corrected chi connectivity index (χ3v) is 10.4. The number of anilines is 3. The predicted octanol–water partition coefficient (Wildman–Crippen LogP) is 13.3. The standard InChI is InChI=1S/C48H33NO/c1-2-14-40(15-3-1)49(42-25-22-37-31-48-46(30-39(37)27-42)43-16-8-9-17-47(43)50-48)41-23-20-33(21-24-41)44-28-35-12-6-7-13-36(35)29-45(44)38-19-18-32-10-4-5-11-34(32)26-38/h1-28,30-31,36H,29H2. The average Bonchev–Trinajstić information content (AvgIpc) is 3.54. The van der Waals surface area contributed by atoms with Crippen molar-refractivity contribution >= 4 is 71.7 Å². The van der Waals surface area contributed by atoms with E-state index in [9.17, 15) is 0 Å². The summed E-state index contributed by atoms with van der Waals surface area (Å²) >= 11 is 0. The van der Waals surface area contributed by atoms with E-state index in [2.05, 4.69) is 175 Å². The summed E-state index contributed by atoms with van der Waals surface area (Å²) in [4.78, 5) is 2.35. The highest BCUT2D eigenvalue weighted by atomic mass is 16.3. The Morgan fingerprint density at radius 1 is 0.500 bits per heavy atom. The molecule has 0 fully saturated rings. The zero-order valence-electron chi connectivity index (χ0n) is 27.5. The molecule has 0 bridgehead atoms. The molecule has 8 aromatic rings. The lowest BCUT2D eigenvalue weighted by Crippen LogP contribution is -2.11. The first-order chi connectivity index (χ1) is 24.7. The highest BCUT2D eigenvalue weighted by Crippen LogP contribution is 2.44. The maximum atomic E-state index is 6.20. The first kappa shape index (κ1) is 28.6. The van der Waals surface area contributed by atoms with Gasteiger partial charge in [0.05, 0.1) is 0 Å².